The molecule has 1 aromatic rings. The second-order valence-electron chi connectivity index (χ2n) is 6.66. The van der Waals surface area contributed by atoms with E-state index in [2.05, 4.69) is 31.4 Å². The predicted molar refractivity (Wildman–Crippen MR) is 90.6 cm³/mol. The van der Waals surface area contributed by atoms with Gasteiger partial charge in [-0.1, -0.05) is 26.8 Å². The number of carbonyl (C=O) groups is 2. The highest BCUT2D eigenvalue weighted by atomic mass is 16.2. The number of urea groups is 2. The Balaban J connectivity index is 3.19. The molecule has 2 N–H and O–H groups in total. The maximum atomic E-state index is 11.9. The van der Waals surface area contributed by atoms with Crippen molar-refractivity contribution in [3.63, 3.8) is 0 Å². The van der Waals surface area contributed by atoms with Crippen molar-refractivity contribution in [3.05, 3.63) is 23.8 Å². The van der Waals surface area contributed by atoms with Crippen LogP contribution in [0.1, 0.15) is 26.3 Å². The minimum Gasteiger partial charge on any atom is -0.331 e. The molecule has 0 aliphatic rings. The molecular formula is C16H26N4O2. The minimum absolute atomic E-state index is 0.0539. The highest BCUT2D eigenvalue weighted by Crippen LogP contribution is 2.30. The van der Waals surface area contributed by atoms with E-state index in [1.54, 1.807) is 28.2 Å². The van der Waals surface area contributed by atoms with E-state index in [9.17, 15) is 9.59 Å². The first kappa shape index (κ1) is 17.8. The van der Waals surface area contributed by atoms with Gasteiger partial charge in [0.1, 0.15) is 0 Å². The zero-order chi connectivity index (χ0) is 17.1. The third kappa shape index (κ3) is 4.65. The van der Waals surface area contributed by atoms with Gasteiger partial charge in [-0.25, -0.2) is 9.59 Å². The van der Waals surface area contributed by atoms with Gasteiger partial charge in [-0.2, -0.15) is 0 Å². The standard InChI is InChI=1S/C16H26N4O2/c1-16(2,3)11-8-9-12(17-14(21)19(4)5)13(10-11)18-15(22)20(6)7/h8-10H,1-7H3,(H,17,21)(H,18,22). The van der Waals surface area contributed by atoms with Gasteiger partial charge in [-0.3, -0.25) is 0 Å². The summed E-state index contributed by atoms with van der Waals surface area (Å²) in [5.74, 6) is 0. The number of rotatable bonds is 2. The van der Waals surface area contributed by atoms with Gasteiger partial charge in [0.25, 0.3) is 0 Å². The summed E-state index contributed by atoms with van der Waals surface area (Å²) in [5, 5.41) is 5.61. The van der Waals surface area contributed by atoms with Crippen LogP contribution in [-0.2, 0) is 5.41 Å². The van der Waals surface area contributed by atoms with E-state index < -0.39 is 0 Å². The van der Waals surface area contributed by atoms with Crippen LogP contribution in [0.4, 0.5) is 21.0 Å². The second kappa shape index (κ2) is 6.68. The molecule has 0 aliphatic heterocycles. The summed E-state index contributed by atoms with van der Waals surface area (Å²) in [6, 6.07) is 5.17. The van der Waals surface area contributed by atoms with Crippen molar-refractivity contribution in [2.24, 2.45) is 0 Å². The van der Waals surface area contributed by atoms with E-state index in [-0.39, 0.29) is 17.5 Å². The van der Waals surface area contributed by atoms with Gasteiger partial charge in [0.15, 0.2) is 0 Å². The Morgan fingerprint density at radius 3 is 1.73 bits per heavy atom. The Labute approximate surface area is 132 Å². The van der Waals surface area contributed by atoms with Crippen molar-refractivity contribution < 1.29 is 9.59 Å². The average molecular weight is 306 g/mol. The van der Waals surface area contributed by atoms with Crippen LogP contribution in [0.25, 0.3) is 0 Å². The number of amides is 4. The van der Waals surface area contributed by atoms with Crippen molar-refractivity contribution in [2.45, 2.75) is 26.2 Å². The number of carbonyl (C=O) groups excluding carboxylic acids is 2. The maximum absolute atomic E-state index is 11.9. The lowest BCUT2D eigenvalue weighted by atomic mass is 9.86. The van der Waals surface area contributed by atoms with Crippen LogP contribution in [-0.4, -0.2) is 50.1 Å². The molecule has 0 saturated carbocycles. The molecule has 0 radical (unpaired) electrons. The molecule has 0 bridgehead atoms. The first-order chi connectivity index (χ1) is 10.0. The molecule has 22 heavy (non-hydrogen) atoms. The van der Waals surface area contributed by atoms with Crippen molar-refractivity contribution in [3.8, 4) is 0 Å². The summed E-state index contributed by atoms with van der Waals surface area (Å²) < 4.78 is 0. The quantitative estimate of drug-likeness (QED) is 0.881. The zero-order valence-corrected chi connectivity index (χ0v) is 14.4. The molecule has 0 fully saturated rings. The summed E-state index contributed by atoms with van der Waals surface area (Å²) in [7, 11) is 6.66. The average Bonchev–Trinajstić information content (AvgIpc) is 2.38. The van der Waals surface area contributed by atoms with Crippen molar-refractivity contribution in [2.75, 3.05) is 38.8 Å². The molecular weight excluding hydrogens is 280 g/mol. The lowest BCUT2D eigenvalue weighted by Gasteiger charge is -2.23. The zero-order valence-electron chi connectivity index (χ0n) is 14.4. The van der Waals surface area contributed by atoms with Crippen molar-refractivity contribution in [1.82, 2.24) is 9.80 Å². The number of anilines is 2. The van der Waals surface area contributed by atoms with Crippen LogP contribution in [0.2, 0.25) is 0 Å². The smallest absolute Gasteiger partial charge is 0.321 e. The number of benzene rings is 1. The Morgan fingerprint density at radius 1 is 0.864 bits per heavy atom. The van der Waals surface area contributed by atoms with Crippen LogP contribution in [0, 0.1) is 0 Å². The number of hydrogen-bond donors (Lipinski definition) is 2. The van der Waals surface area contributed by atoms with E-state index in [0.717, 1.165) is 5.56 Å². The molecule has 0 spiro atoms. The van der Waals surface area contributed by atoms with Crippen LogP contribution >= 0.6 is 0 Å². The Kier molecular flexibility index (Phi) is 5.41. The van der Waals surface area contributed by atoms with E-state index in [0.29, 0.717) is 11.4 Å². The van der Waals surface area contributed by atoms with Crippen LogP contribution in [0.15, 0.2) is 18.2 Å². The Bertz CT molecular complexity index is 560. The summed E-state index contributed by atoms with van der Waals surface area (Å²) in [4.78, 5) is 26.7. The molecule has 0 saturated heterocycles. The van der Waals surface area contributed by atoms with E-state index in [4.69, 9.17) is 0 Å². The van der Waals surface area contributed by atoms with Crippen LogP contribution < -0.4 is 10.6 Å². The predicted octanol–water partition coefficient (Wildman–Crippen LogP) is 3.17. The third-order valence-electron chi connectivity index (χ3n) is 3.18. The lowest BCUT2D eigenvalue weighted by Crippen LogP contribution is -2.30. The minimum atomic E-state index is -0.246. The lowest BCUT2D eigenvalue weighted by molar-refractivity contribution is 0.229. The molecule has 0 aromatic heterocycles. The molecule has 0 heterocycles. The summed E-state index contributed by atoms with van der Waals surface area (Å²) >= 11 is 0. The monoisotopic (exact) mass is 306 g/mol. The highest BCUT2D eigenvalue weighted by molar-refractivity contribution is 5.98. The van der Waals surface area contributed by atoms with Gasteiger partial charge in [0.2, 0.25) is 0 Å². The fourth-order valence-corrected chi connectivity index (χ4v) is 1.68. The topological polar surface area (TPSA) is 64.7 Å². The van der Waals surface area contributed by atoms with Gasteiger partial charge in [-0.15, -0.1) is 0 Å². The number of nitrogens with one attached hydrogen (secondary N) is 2. The number of nitrogens with zero attached hydrogens (tertiary/aromatic N) is 2. The Morgan fingerprint density at radius 2 is 1.32 bits per heavy atom. The van der Waals surface area contributed by atoms with Gasteiger partial charge < -0.3 is 20.4 Å². The summed E-state index contributed by atoms with van der Waals surface area (Å²) in [6.07, 6.45) is 0. The molecule has 1 rings (SSSR count). The first-order valence-corrected chi connectivity index (χ1v) is 7.13. The molecule has 6 nitrogen and oxygen atoms in total. The molecule has 4 amide bonds. The summed E-state index contributed by atoms with van der Waals surface area (Å²) in [5.41, 5.74) is 2.18. The molecule has 1 aromatic carbocycles. The molecule has 122 valence electrons. The normalized spacial score (nSPS) is 10.9. The first-order valence-electron chi connectivity index (χ1n) is 7.13. The maximum Gasteiger partial charge on any atom is 0.321 e. The van der Waals surface area contributed by atoms with Crippen LogP contribution in [0.5, 0.6) is 0 Å². The number of hydrogen-bond acceptors (Lipinski definition) is 2. The van der Waals surface area contributed by atoms with E-state index >= 15 is 0 Å². The van der Waals surface area contributed by atoms with Gasteiger partial charge >= 0.3 is 12.1 Å². The van der Waals surface area contributed by atoms with Crippen molar-refractivity contribution >= 4 is 23.4 Å². The van der Waals surface area contributed by atoms with Gasteiger partial charge in [-0.05, 0) is 23.1 Å². The van der Waals surface area contributed by atoms with E-state index in [1.165, 1.54) is 9.80 Å². The fraction of sp³-hybridized carbons (Fsp3) is 0.500. The third-order valence-corrected chi connectivity index (χ3v) is 3.18. The Hall–Kier alpha value is -2.24. The highest BCUT2D eigenvalue weighted by Gasteiger charge is 2.18. The summed E-state index contributed by atoms with van der Waals surface area (Å²) in [6.45, 7) is 6.29. The van der Waals surface area contributed by atoms with Gasteiger partial charge in [0.05, 0.1) is 11.4 Å². The van der Waals surface area contributed by atoms with Gasteiger partial charge in [0, 0.05) is 28.2 Å². The molecule has 0 aliphatic carbocycles. The molecule has 0 unspecified atom stereocenters. The van der Waals surface area contributed by atoms with Crippen LogP contribution in [0.3, 0.4) is 0 Å². The molecule has 0 atom stereocenters. The van der Waals surface area contributed by atoms with E-state index in [1.807, 2.05) is 18.2 Å². The largest absolute Gasteiger partial charge is 0.331 e. The fourth-order valence-electron chi connectivity index (χ4n) is 1.68. The second-order valence-corrected chi connectivity index (χ2v) is 6.66. The molecule has 6 heteroatoms. The SMILES string of the molecule is CN(C)C(=O)Nc1ccc(C(C)(C)C)cc1NC(=O)N(C)C. The van der Waals surface area contributed by atoms with Crippen molar-refractivity contribution in [1.29, 1.82) is 0 Å².